The summed E-state index contributed by atoms with van der Waals surface area (Å²) in [6.45, 7) is 7.63. The minimum absolute atomic E-state index is 0.606. The van der Waals surface area contributed by atoms with E-state index in [-0.39, 0.29) is 0 Å². The van der Waals surface area contributed by atoms with E-state index in [1.165, 1.54) is 12.1 Å². The Morgan fingerprint density at radius 1 is 1.29 bits per heavy atom. The Balaban J connectivity index is 2.16. The van der Waals surface area contributed by atoms with Crippen molar-refractivity contribution in [3.8, 4) is 0 Å². The van der Waals surface area contributed by atoms with Crippen LogP contribution in [0, 0.1) is 5.92 Å². The van der Waals surface area contributed by atoms with Gasteiger partial charge >= 0.3 is 0 Å². The van der Waals surface area contributed by atoms with Crippen LogP contribution in [-0.4, -0.2) is 16.5 Å². The SMILES string of the molecule is CCCNc1cc(CCC)nc(C2CC2C)n1. The summed E-state index contributed by atoms with van der Waals surface area (Å²) in [6.07, 6.45) is 4.58. The fraction of sp³-hybridized carbons (Fsp3) is 0.714. The highest BCUT2D eigenvalue weighted by Gasteiger charge is 2.36. The standard InChI is InChI=1S/C14H23N3/c1-4-6-11-9-13(15-7-5-2)17-14(16-11)12-8-10(12)3/h9-10,12H,4-8H2,1-3H3,(H,15,16,17). The molecule has 1 heterocycles. The molecule has 0 spiro atoms. The van der Waals surface area contributed by atoms with E-state index in [1.807, 2.05) is 0 Å². The Hall–Kier alpha value is -1.12. The molecular formula is C14H23N3. The van der Waals surface area contributed by atoms with Crippen molar-refractivity contribution in [2.75, 3.05) is 11.9 Å². The number of aromatic nitrogens is 2. The van der Waals surface area contributed by atoms with Crippen molar-refractivity contribution in [1.29, 1.82) is 0 Å². The van der Waals surface area contributed by atoms with Gasteiger partial charge in [0.15, 0.2) is 0 Å². The molecule has 3 heteroatoms. The summed E-state index contributed by atoms with van der Waals surface area (Å²) in [5.41, 5.74) is 1.19. The normalized spacial score (nSPS) is 22.5. The Kier molecular flexibility index (Phi) is 3.97. The number of nitrogens with zero attached hydrogens (tertiary/aromatic N) is 2. The number of aryl methyl sites for hydroxylation is 1. The van der Waals surface area contributed by atoms with Gasteiger partial charge in [0, 0.05) is 24.2 Å². The van der Waals surface area contributed by atoms with Crippen LogP contribution in [0.5, 0.6) is 0 Å². The van der Waals surface area contributed by atoms with Crippen LogP contribution < -0.4 is 5.32 Å². The van der Waals surface area contributed by atoms with Crippen molar-refractivity contribution in [1.82, 2.24) is 9.97 Å². The summed E-state index contributed by atoms with van der Waals surface area (Å²) in [5, 5.41) is 3.38. The molecule has 17 heavy (non-hydrogen) atoms. The lowest BCUT2D eigenvalue weighted by Gasteiger charge is -2.08. The lowest BCUT2D eigenvalue weighted by molar-refractivity contribution is 0.797. The molecule has 0 aromatic carbocycles. The maximum Gasteiger partial charge on any atom is 0.134 e. The largest absolute Gasteiger partial charge is 0.370 e. The van der Waals surface area contributed by atoms with Crippen LogP contribution in [0.1, 0.15) is 57.5 Å². The second kappa shape index (κ2) is 5.48. The number of anilines is 1. The van der Waals surface area contributed by atoms with Crippen molar-refractivity contribution < 1.29 is 0 Å². The zero-order chi connectivity index (χ0) is 12.3. The van der Waals surface area contributed by atoms with Crippen LogP contribution >= 0.6 is 0 Å². The lowest BCUT2D eigenvalue weighted by atomic mass is 10.2. The number of nitrogens with one attached hydrogen (secondary N) is 1. The highest BCUT2D eigenvalue weighted by atomic mass is 15.0. The van der Waals surface area contributed by atoms with E-state index < -0.39 is 0 Å². The first-order chi connectivity index (χ1) is 8.24. The van der Waals surface area contributed by atoms with E-state index in [9.17, 15) is 0 Å². The summed E-state index contributed by atoms with van der Waals surface area (Å²) in [7, 11) is 0. The molecule has 1 aliphatic carbocycles. The van der Waals surface area contributed by atoms with Crippen LogP contribution in [0.4, 0.5) is 5.82 Å². The summed E-state index contributed by atoms with van der Waals surface area (Å²) in [4.78, 5) is 9.34. The highest BCUT2D eigenvalue weighted by molar-refractivity contribution is 5.37. The molecule has 2 unspecified atom stereocenters. The first kappa shape index (κ1) is 12.3. The fourth-order valence-electron chi connectivity index (χ4n) is 2.09. The molecular weight excluding hydrogens is 210 g/mol. The molecule has 1 fully saturated rings. The second-order valence-corrected chi connectivity index (χ2v) is 5.10. The van der Waals surface area contributed by atoms with E-state index in [0.29, 0.717) is 5.92 Å². The maximum absolute atomic E-state index is 4.69. The third-order valence-corrected chi connectivity index (χ3v) is 3.30. The maximum atomic E-state index is 4.69. The van der Waals surface area contributed by atoms with Crippen molar-refractivity contribution >= 4 is 5.82 Å². The quantitative estimate of drug-likeness (QED) is 0.818. The molecule has 0 bridgehead atoms. The third-order valence-electron chi connectivity index (χ3n) is 3.30. The minimum atomic E-state index is 0.606. The fourth-order valence-corrected chi connectivity index (χ4v) is 2.09. The molecule has 1 aromatic rings. The zero-order valence-corrected chi connectivity index (χ0v) is 11.2. The molecule has 3 nitrogen and oxygen atoms in total. The molecule has 0 saturated heterocycles. The molecule has 1 N–H and O–H groups in total. The van der Waals surface area contributed by atoms with Crippen molar-refractivity contribution in [2.24, 2.45) is 5.92 Å². The van der Waals surface area contributed by atoms with E-state index in [2.05, 4.69) is 37.1 Å². The number of rotatable bonds is 6. The van der Waals surface area contributed by atoms with E-state index in [1.54, 1.807) is 0 Å². The van der Waals surface area contributed by atoms with Gasteiger partial charge in [0.05, 0.1) is 0 Å². The average Bonchev–Trinajstić information content (AvgIpc) is 3.04. The highest BCUT2D eigenvalue weighted by Crippen LogP contribution is 2.45. The summed E-state index contributed by atoms with van der Waals surface area (Å²) in [6, 6.07) is 2.11. The van der Waals surface area contributed by atoms with Gasteiger partial charge in [-0.2, -0.15) is 0 Å². The zero-order valence-electron chi connectivity index (χ0n) is 11.2. The van der Waals surface area contributed by atoms with Crippen LogP contribution in [0.3, 0.4) is 0 Å². The molecule has 1 aliphatic rings. The van der Waals surface area contributed by atoms with Gasteiger partial charge in [0.2, 0.25) is 0 Å². The molecule has 0 amide bonds. The van der Waals surface area contributed by atoms with Gasteiger partial charge in [-0.15, -0.1) is 0 Å². The molecule has 2 atom stereocenters. The molecule has 94 valence electrons. The van der Waals surface area contributed by atoms with Crippen molar-refractivity contribution in [3.05, 3.63) is 17.6 Å². The third kappa shape index (κ3) is 3.18. The second-order valence-electron chi connectivity index (χ2n) is 5.10. The lowest BCUT2D eigenvalue weighted by Crippen LogP contribution is -2.07. The first-order valence-electron chi connectivity index (χ1n) is 6.86. The van der Waals surface area contributed by atoms with E-state index in [0.717, 1.165) is 43.4 Å². The Morgan fingerprint density at radius 2 is 2.06 bits per heavy atom. The summed E-state index contributed by atoms with van der Waals surface area (Å²) < 4.78 is 0. The molecule has 2 rings (SSSR count). The monoisotopic (exact) mass is 233 g/mol. The predicted molar refractivity (Wildman–Crippen MR) is 71.3 cm³/mol. The van der Waals surface area contributed by atoms with Gasteiger partial charge in [-0.3, -0.25) is 0 Å². The summed E-state index contributed by atoms with van der Waals surface area (Å²) >= 11 is 0. The van der Waals surface area contributed by atoms with Crippen molar-refractivity contribution in [2.45, 2.75) is 52.4 Å². The Morgan fingerprint density at radius 3 is 2.65 bits per heavy atom. The van der Waals surface area contributed by atoms with Gasteiger partial charge in [0.1, 0.15) is 11.6 Å². The van der Waals surface area contributed by atoms with Crippen LogP contribution in [0.25, 0.3) is 0 Å². The molecule has 1 saturated carbocycles. The predicted octanol–water partition coefficient (Wildman–Crippen LogP) is 3.37. The minimum Gasteiger partial charge on any atom is -0.370 e. The van der Waals surface area contributed by atoms with Crippen LogP contribution in [0.2, 0.25) is 0 Å². The van der Waals surface area contributed by atoms with Gasteiger partial charge < -0.3 is 5.32 Å². The molecule has 0 aliphatic heterocycles. The number of hydrogen-bond acceptors (Lipinski definition) is 3. The van der Waals surface area contributed by atoms with Gasteiger partial charge in [-0.25, -0.2) is 9.97 Å². The first-order valence-corrected chi connectivity index (χ1v) is 6.86. The van der Waals surface area contributed by atoms with Crippen LogP contribution in [-0.2, 0) is 6.42 Å². The summed E-state index contributed by atoms with van der Waals surface area (Å²) in [5.74, 6) is 3.45. The van der Waals surface area contributed by atoms with Gasteiger partial charge in [0.25, 0.3) is 0 Å². The number of hydrogen-bond donors (Lipinski definition) is 1. The Bertz CT molecular complexity index is 376. The smallest absolute Gasteiger partial charge is 0.134 e. The van der Waals surface area contributed by atoms with E-state index >= 15 is 0 Å². The van der Waals surface area contributed by atoms with Gasteiger partial charge in [-0.05, 0) is 25.2 Å². The van der Waals surface area contributed by atoms with E-state index in [4.69, 9.17) is 4.98 Å². The topological polar surface area (TPSA) is 37.8 Å². The van der Waals surface area contributed by atoms with Crippen LogP contribution in [0.15, 0.2) is 6.07 Å². The Labute approximate surface area is 104 Å². The molecule has 0 radical (unpaired) electrons. The molecule has 1 aromatic heterocycles. The van der Waals surface area contributed by atoms with Crippen molar-refractivity contribution in [3.63, 3.8) is 0 Å². The average molecular weight is 233 g/mol. The van der Waals surface area contributed by atoms with Gasteiger partial charge in [-0.1, -0.05) is 27.2 Å².